The van der Waals surface area contributed by atoms with Crippen LogP contribution in [-0.4, -0.2) is 7.05 Å². The van der Waals surface area contributed by atoms with Gasteiger partial charge in [0.1, 0.15) is 0 Å². The molecule has 1 atom stereocenters. The zero-order valence-electron chi connectivity index (χ0n) is 11.0. The van der Waals surface area contributed by atoms with Gasteiger partial charge in [-0.1, -0.05) is 48.5 Å². The smallest absolute Gasteiger partial charge is 0.0358 e. The van der Waals surface area contributed by atoms with Crippen LogP contribution in [0, 0.1) is 0 Å². The van der Waals surface area contributed by atoms with Gasteiger partial charge in [0.15, 0.2) is 0 Å². The Morgan fingerprint density at radius 1 is 1.00 bits per heavy atom. The molecule has 1 nitrogen and oxygen atoms in total. The Hall–Kier alpha value is -1.64. The van der Waals surface area contributed by atoms with Crippen molar-refractivity contribution < 1.29 is 0 Å². The minimum absolute atomic E-state index is 0.374. The first-order chi connectivity index (χ1) is 9.38. The molecule has 0 amide bonds. The van der Waals surface area contributed by atoms with Crippen LogP contribution in [-0.2, 0) is 6.42 Å². The van der Waals surface area contributed by atoms with Gasteiger partial charge in [0.05, 0.1) is 0 Å². The summed E-state index contributed by atoms with van der Waals surface area (Å²) in [4.78, 5) is 0. The third kappa shape index (κ3) is 2.55. The summed E-state index contributed by atoms with van der Waals surface area (Å²) in [7, 11) is 2.03. The number of thiophene rings is 1. The molecule has 0 saturated heterocycles. The molecule has 1 heterocycles. The highest BCUT2D eigenvalue weighted by molar-refractivity contribution is 7.17. The second-order valence-corrected chi connectivity index (χ2v) is 5.62. The lowest BCUT2D eigenvalue weighted by molar-refractivity contribution is 0.594. The van der Waals surface area contributed by atoms with E-state index in [0.717, 1.165) is 6.42 Å². The molecule has 0 saturated carbocycles. The lowest BCUT2D eigenvalue weighted by Crippen LogP contribution is -2.18. The van der Waals surface area contributed by atoms with E-state index in [1.807, 2.05) is 18.4 Å². The molecule has 96 valence electrons. The van der Waals surface area contributed by atoms with Crippen molar-refractivity contribution in [3.63, 3.8) is 0 Å². The van der Waals surface area contributed by atoms with Gasteiger partial charge in [0.25, 0.3) is 0 Å². The third-order valence-electron chi connectivity index (χ3n) is 3.54. The molecular formula is C17H17NS. The number of rotatable bonds is 4. The highest BCUT2D eigenvalue weighted by Crippen LogP contribution is 2.29. The quantitative estimate of drug-likeness (QED) is 0.738. The molecule has 1 N–H and O–H groups in total. The maximum atomic E-state index is 3.43. The molecule has 0 aliphatic carbocycles. The van der Waals surface area contributed by atoms with Crippen molar-refractivity contribution in [3.05, 3.63) is 71.1 Å². The molecule has 0 aliphatic heterocycles. The van der Waals surface area contributed by atoms with E-state index in [4.69, 9.17) is 0 Å². The van der Waals surface area contributed by atoms with E-state index in [1.54, 1.807) is 0 Å². The van der Waals surface area contributed by atoms with Crippen molar-refractivity contribution in [2.24, 2.45) is 0 Å². The maximum Gasteiger partial charge on any atom is 0.0358 e. The standard InChI is InChI=1S/C17H17NS/c1-18-16(13-7-3-2-4-8-13)11-14-12-19-17-10-6-5-9-15(14)17/h2-10,12,16,18H,11H2,1H3. The summed E-state index contributed by atoms with van der Waals surface area (Å²) in [6.45, 7) is 0. The van der Waals surface area contributed by atoms with Gasteiger partial charge in [-0.2, -0.15) is 0 Å². The summed E-state index contributed by atoms with van der Waals surface area (Å²) < 4.78 is 1.38. The first-order valence-corrected chi connectivity index (χ1v) is 7.44. The lowest BCUT2D eigenvalue weighted by atomic mass is 9.99. The molecular weight excluding hydrogens is 250 g/mol. The van der Waals surface area contributed by atoms with Gasteiger partial charge in [0.2, 0.25) is 0 Å². The predicted octanol–water partition coefficient (Wildman–Crippen LogP) is 4.40. The molecule has 19 heavy (non-hydrogen) atoms. The minimum Gasteiger partial charge on any atom is -0.313 e. The Morgan fingerprint density at radius 3 is 2.53 bits per heavy atom. The highest BCUT2D eigenvalue weighted by Gasteiger charge is 2.12. The van der Waals surface area contributed by atoms with Crippen LogP contribution in [0.4, 0.5) is 0 Å². The Morgan fingerprint density at radius 2 is 1.74 bits per heavy atom. The number of benzene rings is 2. The fourth-order valence-corrected chi connectivity index (χ4v) is 3.46. The monoisotopic (exact) mass is 267 g/mol. The summed E-state index contributed by atoms with van der Waals surface area (Å²) in [6, 6.07) is 19.7. The largest absolute Gasteiger partial charge is 0.313 e. The first kappa shape index (κ1) is 12.4. The molecule has 3 rings (SSSR count). The summed E-state index contributed by atoms with van der Waals surface area (Å²) >= 11 is 1.83. The van der Waals surface area contributed by atoms with Gasteiger partial charge in [-0.15, -0.1) is 11.3 Å². The Labute approximate surface area is 117 Å². The van der Waals surface area contributed by atoms with Crippen LogP contribution in [0.15, 0.2) is 60.0 Å². The van der Waals surface area contributed by atoms with E-state index in [9.17, 15) is 0 Å². The van der Waals surface area contributed by atoms with E-state index < -0.39 is 0 Å². The van der Waals surface area contributed by atoms with Gasteiger partial charge in [-0.05, 0) is 41.4 Å². The van der Waals surface area contributed by atoms with Crippen molar-refractivity contribution in [1.29, 1.82) is 0 Å². The molecule has 1 unspecified atom stereocenters. The molecule has 0 aliphatic rings. The number of fused-ring (bicyclic) bond motifs is 1. The molecule has 1 aromatic heterocycles. The molecule has 2 heteroatoms. The zero-order chi connectivity index (χ0) is 13.1. The van der Waals surface area contributed by atoms with Gasteiger partial charge in [0, 0.05) is 10.7 Å². The highest BCUT2D eigenvalue weighted by atomic mass is 32.1. The van der Waals surface area contributed by atoms with Crippen molar-refractivity contribution >= 4 is 21.4 Å². The first-order valence-electron chi connectivity index (χ1n) is 6.56. The number of hydrogen-bond acceptors (Lipinski definition) is 2. The summed E-state index contributed by atoms with van der Waals surface area (Å²) in [6.07, 6.45) is 1.03. The molecule has 0 bridgehead atoms. The van der Waals surface area contributed by atoms with Crippen LogP contribution in [0.2, 0.25) is 0 Å². The number of likely N-dealkylation sites (N-methyl/N-ethyl adjacent to an activating group) is 1. The summed E-state index contributed by atoms with van der Waals surface area (Å²) in [5, 5.41) is 7.11. The third-order valence-corrected chi connectivity index (χ3v) is 4.55. The van der Waals surface area contributed by atoms with E-state index >= 15 is 0 Å². The average molecular weight is 267 g/mol. The molecule has 3 aromatic rings. The van der Waals surface area contributed by atoms with Gasteiger partial charge in [-0.25, -0.2) is 0 Å². The van der Waals surface area contributed by atoms with Gasteiger partial charge in [-0.3, -0.25) is 0 Å². The average Bonchev–Trinajstić information content (AvgIpc) is 2.89. The summed E-state index contributed by atoms with van der Waals surface area (Å²) in [5.41, 5.74) is 2.78. The molecule has 2 aromatic carbocycles. The Bertz CT molecular complexity index is 657. The van der Waals surface area contributed by atoms with Crippen LogP contribution in [0.3, 0.4) is 0 Å². The van der Waals surface area contributed by atoms with E-state index in [2.05, 4.69) is 65.3 Å². The van der Waals surface area contributed by atoms with E-state index in [1.165, 1.54) is 21.2 Å². The fraction of sp³-hybridized carbons (Fsp3) is 0.176. The van der Waals surface area contributed by atoms with Crippen molar-refractivity contribution in [3.8, 4) is 0 Å². The van der Waals surface area contributed by atoms with Crippen LogP contribution < -0.4 is 5.32 Å². The fourth-order valence-electron chi connectivity index (χ4n) is 2.48. The lowest BCUT2D eigenvalue weighted by Gasteiger charge is -2.16. The Balaban J connectivity index is 1.91. The van der Waals surface area contributed by atoms with Crippen LogP contribution in [0.1, 0.15) is 17.2 Å². The summed E-state index contributed by atoms with van der Waals surface area (Å²) in [5.74, 6) is 0. The number of nitrogens with one attached hydrogen (secondary N) is 1. The molecule has 0 spiro atoms. The van der Waals surface area contributed by atoms with Crippen LogP contribution >= 0.6 is 11.3 Å². The van der Waals surface area contributed by atoms with Crippen molar-refractivity contribution in [2.75, 3.05) is 7.05 Å². The second-order valence-electron chi connectivity index (χ2n) is 4.71. The van der Waals surface area contributed by atoms with Crippen LogP contribution in [0.5, 0.6) is 0 Å². The zero-order valence-corrected chi connectivity index (χ0v) is 11.8. The normalized spacial score (nSPS) is 12.7. The topological polar surface area (TPSA) is 12.0 Å². The Kier molecular flexibility index (Phi) is 3.62. The minimum atomic E-state index is 0.374. The van der Waals surface area contributed by atoms with Crippen molar-refractivity contribution in [1.82, 2.24) is 5.32 Å². The van der Waals surface area contributed by atoms with Crippen LogP contribution in [0.25, 0.3) is 10.1 Å². The second kappa shape index (κ2) is 5.55. The SMILES string of the molecule is CNC(Cc1csc2ccccc12)c1ccccc1. The van der Waals surface area contributed by atoms with Gasteiger partial charge >= 0.3 is 0 Å². The van der Waals surface area contributed by atoms with E-state index in [0.29, 0.717) is 6.04 Å². The molecule has 0 radical (unpaired) electrons. The van der Waals surface area contributed by atoms with Crippen molar-refractivity contribution in [2.45, 2.75) is 12.5 Å². The van der Waals surface area contributed by atoms with E-state index in [-0.39, 0.29) is 0 Å². The maximum absolute atomic E-state index is 3.43. The predicted molar refractivity (Wildman–Crippen MR) is 83.8 cm³/mol. The number of hydrogen-bond donors (Lipinski definition) is 1. The molecule has 0 fully saturated rings. The van der Waals surface area contributed by atoms with Gasteiger partial charge < -0.3 is 5.32 Å².